The number of benzene rings is 1. The van der Waals surface area contributed by atoms with Crippen molar-refractivity contribution in [3.8, 4) is 0 Å². The molecule has 2 aromatic rings. The summed E-state index contributed by atoms with van der Waals surface area (Å²) in [6.07, 6.45) is 2.46. The average Bonchev–Trinajstić information content (AvgIpc) is 2.57. The molecular weight excluding hydrogens is 302 g/mol. The standard InChI is InChI=1S/C19H25N3O2/c1-5-17(15-9-7-14(3)8-10-15)22(6-2)19(24)20-16-11-12-18(23)21(4)13-16/h7-13,17H,5-6H2,1-4H3,(H,20,24)/t17-/m0/s1. The Morgan fingerprint density at radius 2 is 1.83 bits per heavy atom. The molecule has 1 heterocycles. The zero-order valence-electron chi connectivity index (χ0n) is 14.7. The lowest BCUT2D eigenvalue weighted by Crippen LogP contribution is -2.38. The zero-order chi connectivity index (χ0) is 17.7. The number of aryl methyl sites for hydroxylation is 2. The lowest BCUT2D eigenvalue weighted by Gasteiger charge is -2.30. The SMILES string of the molecule is CC[C@@H](c1ccc(C)cc1)N(CC)C(=O)Nc1ccc(=O)n(C)c1. The highest BCUT2D eigenvalue weighted by atomic mass is 16.2. The maximum absolute atomic E-state index is 12.7. The maximum atomic E-state index is 12.7. The number of amides is 2. The molecule has 0 fully saturated rings. The predicted molar refractivity (Wildman–Crippen MR) is 97.3 cm³/mol. The second-order valence-electron chi connectivity index (χ2n) is 5.92. The van der Waals surface area contributed by atoms with E-state index in [4.69, 9.17) is 0 Å². The Balaban J connectivity index is 2.21. The number of anilines is 1. The Labute approximate surface area is 142 Å². The molecule has 1 aromatic heterocycles. The van der Waals surface area contributed by atoms with Crippen molar-refractivity contribution in [2.24, 2.45) is 7.05 Å². The van der Waals surface area contributed by atoms with E-state index in [0.717, 1.165) is 12.0 Å². The van der Waals surface area contributed by atoms with Gasteiger partial charge in [0.25, 0.3) is 0 Å². The van der Waals surface area contributed by atoms with E-state index in [1.807, 2.05) is 11.8 Å². The lowest BCUT2D eigenvalue weighted by atomic mass is 10.0. The molecule has 5 nitrogen and oxygen atoms in total. The normalized spacial score (nSPS) is 11.8. The van der Waals surface area contributed by atoms with Crippen LogP contribution in [0.2, 0.25) is 0 Å². The molecule has 0 unspecified atom stereocenters. The number of pyridine rings is 1. The van der Waals surface area contributed by atoms with Crippen LogP contribution >= 0.6 is 0 Å². The molecule has 0 radical (unpaired) electrons. The number of hydrogen-bond acceptors (Lipinski definition) is 2. The minimum atomic E-state index is -0.163. The van der Waals surface area contributed by atoms with Crippen LogP contribution in [0.3, 0.4) is 0 Å². The van der Waals surface area contributed by atoms with Gasteiger partial charge in [0.15, 0.2) is 0 Å². The van der Waals surface area contributed by atoms with Gasteiger partial charge < -0.3 is 14.8 Å². The van der Waals surface area contributed by atoms with Gasteiger partial charge in [-0.3, -0.25) is 4.79 Å². The smallest absolute Gasteiger partial charge is 0.318 e. The van der Waals surface area contributed by atoms with E-state index in [1.54, 1.807) is 19.3 Å². The van der Waals surface area contributed by atoms with Crippen molar-refractivity contribution in [3.63, 3.8) is 0 Å². The number of hydrogen-bond donors (Lipinski definition) is 1. The minimum Gasteiger partial charge on any atom is -0.318 e. The van der Waals surface area contributed by atoms with Crippen molar-refractivity contribution in [2.75, 3.05) is 11.9 Å². The first-order valence-electron chi connectivity index (χ1n) is 8.27. The fourth-order valence-electron chi connectivity index (χ4n) is 2.79. The Morgan fingerprint density at radius 1 is 1.17 bits per heavy atom. The minimum absolute atomic E-state index is 0.0168. The van der Waals surface area contributed by atoms with E-state index in [-0.39, 0.29) is 17.6 Å². The lowest BCUT2D eigenvalue weighted by molar-refractivity contribution is 0.190. The van der Waals surface area contributed by atoms with Gasteiger partial charge in [0.2, 0.25) is 5.56 Å². The summed E-state index contributed by atoms with van der Waals surface area (Å²) in [6, 6.07) is 11.2. The predicted octanol–water partition coefficient (Wildman–Crippen LogP) is 3.70. The van der Waals surface area contributed by atoms with E-state index < -0.39 is 0 Å². The van der Waals surface area contributed by atoms with Crippen molar-refractivity contribution in [1.29, 1.82) is 0 Å². The van der Waals surface area contributed by atoms with Crippen LogP contribution in [0.1, 0.15) is 37.4 Å². The van der Waals surface area contributed by atoms with Gasteiger partial charge in [-0.25, -0.2) is 4.79 Å². The molecule has 0 saturated carbocycles. The van der Waals surface area contributed by atoms with Crippen LogP contribution in [0.25, 0.3) is 0 Å². The van der Waals surface area contributed by atoms with E-state index >= 15 is 0 Å². The first kappa shape index (κ1) is 17.8. The summed E-state index contributed by atoms with van der Waals surface area (Å²) in [5, 5.41) is 2.88. The molecule has 1 atom stereocenters. The average molecular weight is 327 g/mol. The molecule has 1 N–H and O–H groups in total. The van der Waals surface area contributed by atoms with E-state index in [1.165, 1.54) is 16.2 Å². The molecule has 24 heavy (non-hydrogen) atoms. The van der Waals surface area contributed by atoms with Gasteiger partial charge >= 0.3 is 6.03 Å². The van der Waals surface area contributed by atoms with Gasteiger partial charge in [-0.05, 0) is 31.9 Å². The van der Waals surface area contributed by atoms with Gasteiger partial charge in [-0.1, -0.05) is 36.8 Å². The molecule has 0 bridgehead atoms. The van der Waals surface area contributed by atoms with Crippen LogP contribution < -0.4 is 10.9 Å². The summed E-state index contributed by atoms with van der Waals surface area (Å²) in [5.41, 5.74) is 2.83. The van der Waals surface area contributed by atoms with Gasteiger partial charge in [-0.15, -0.1) is 0 Å². The summed E-state index contributed by atoms with van der Waals surface area (Å²) >= 11 is 0. The third-order valence-electron chi connectivity index (χ3n) is 4.16. The molecule has 2 rings (SSSR count). The summed E-state index contributed by atoms with van der Waals surface area (Å²) < 4.78 is 1.45. The molecule has 0 aliphatic rings. The Kier molecular flexibility index (Phi) is 5.79. The number of nitrogens with one attached hydrogen (secondary N) is 1. The van der Waals surface area contributed by atoms with Crippen molar-refractivity contribution < 1.29 is 4.79 Å². The summed E-state index contributed by atoms with van der Waals surface area (Å²) in [7, 11) is 1.66. The number of nitrogens with zero attached hydrogens (tertiary/aromatic N) is 2. The molecule has 5 heteroatoms. The van der Waals surface area contributed by atoms with Crippen LogP contribution in [0.5, 0.6) is 0 Å². The van der Waals surface area contributed by atoms with Crippen LogP contribution in [0.4, 0.5) is 10.5 Å². The Morgan fingerprint density at radius 3 is 2.38 bits per heavy atom. The number of urea groups is 1. The molecule has 128 valence electrons. The van der Waals surface area contributed by atoms with Gasteiger partial charge in [-0.2, -0.15) is 0 Å². The van der Waals surface area contributed by atoms with Gasteiger partial charge in [0.1, 0.15) is 0 Å². The van der Waals surface area contributed by atoms with Crippen molar-refractivity contribution in [2.45, 2.75) is 33.2 Å². The van der Waals surface area contributed by atoms with Crippen molar-refractivity contribution in [3.05, 3.63) is 64.1 Å². The summed E-state index contributed by atoms with van der Waals surface area (Å²) in [4.78, 5) is 26.0. The molecular formula is C19H25N3O2. The fraction of sp³-hybridized carbons (Fsp3) is 0.368. The topological polar surface area (TPSA) is 54.3 Å². The highest BCUT2D eigenvalue weighted by Crippen LogP contribution is 2.25. The fourth-order valence-corrected chi connectivity index (χ4v) is 2.79. The van der Waals surface area contributed by atoms with E-state index in [0.29, 0.717) is 12.2 Å². The number of carbonyl (C=O) groups excluding carboxylic acids is 1. The second-order valence-corrected chi connectivity index (χ2v) is 5.92. The van der Waals surface area contributed by atoms with Crippen LogP contribution in [-0.4, -0.2) is 22.0 Å². The highest BCUT2D eigenvalue weighted by molar-refractivity contribution is 5.89. The molecule has 0 saturated heterocycles. The number of aromatic nitrogens is 1. The quantitative estimate of drug-likeness (QED) is 0.910. The van der Waals surface area contributed by atoms with Crippen LogP contribution in [-0.2, 0) is 7.05 Å². The van der Waals surface area contributed by atoms with Crippen LogP contribution in [0.15, 0.2) is 47.4 Å². The van der Waals surface area contributed by atoms with Crippen LogP contribution in [0, 0.1) is 6.92 Å². The third kappa shape index (κ3) is 4.04. The third-order valence-corrected chi connectivity index (χ3v) is 4.16. The summed E-state index contributed by atoms with van der Waals surface area (Å²) in [5.74, 6) is 0. The Hall–Kier alpha value is -2.56. The largest absolute Gasteiger partial charge is 0.322 e. The molecule has 0 aliphatic carbocycles. The van der Waals surface area contributed by atoms with Gasteiger partial charge in [0, 0.05) is 25.9 Å². The van der Waals surface area contributed by atoms with Gasteiger partial charge in [0.05, 0.1) is 11.7 Å². The van der Waals surface area contributed by atoms with E-state index in [2.05, 4.69) is 43.4 Å². The molecule has 0 spiro atoms. The molecule has 1 aromatic carbocycles. The monoisotopic (exact) mass is 327 g/mol. The Bertz CT molecular complexity index is 750. The van der Waals surface area contributed by atoms with Crippen molar-refractivity contribution in [1.82, 2.24) is 9.47 Å². The highest BCUT2D eigenvalue weighted by Gasteiger charge is 2.22. The number of carbonyl (C=O) groups is 1. The second kappa shape index (κ2) is 7.81. The zero-order valence-corrected chi connectivity index (χ0v) is 14.7. The molecule has 0 aliphatic heterocycles. The number of rotatable bonds is 5. The van der Waals surface area contributed by atoms with Crippen molar-refractivity contribution >= 4 is 11.7 Å². The molecule has 2 amide bonds. The first-order chi connectivity index (χ1) is 11.5. The van der Waals surface area contributed by atoms with E-state index in [9.17, 15) is 9.59 Å². The maximum Gasteiger partial charge on any atom is 0.322 e. The summed E-state index contributed by atoms with van der Waals surface area (Å²) in [6.45, 7) is 6.70. The first-order valence-corrected chi connectivity index (χ1v) is 8.27.